The van der Waals surface area contributed by atoms with E-state index in [2.05, 4.69) is 4.90 Å². The molecule has 0 N–H and O–H groups in total. The Hall–Kier alpha value is -3.13. The van der Waals surface area contributed by atoms with Crippen molar-refractivity contribution in [2.45, 2.75) is 20.0 Å². The molecule has 4 rings (SSSR count). The number of imide groups is 1. The summed E-state index contributed by atoms with van der Waals surface area (Å²) in [6, 6.07) is 9.85. The molecule has 2 heterocycles. The number of hydrogen-bond acceptors (Lipinski definition) is 4. The highest BCUT2D eigenvalue weighted by atomic mass is 19.4. The van der Waals surface area contributed by atoms with E-state index in [9.17, 15) is 22.8 Å². The van der Waals surface area contributed by atoms with Crippen molar-refractivity contribution in [3.05, 3.63) is 70.4 Å². The van der Waals surface area contributed by atoms with E-state index in [1.807, 2.05) is 37.9 Å². The minimum absolute atomic E-state index is 0.0831. The highest BCUT2D eigenvalue weighted by Crippen LogP contribution is 2.38. The first kappa shape index (κ1) is 22.1. The molecule has 1 fully saturated rings. The fraction of sp³-hybridized carbons (Fsp3) is 0.333. The van der Waals surface area contributed by atoms with Gasteiger partial charge < -0.3 is 9.80 Å². The summed E-state index contributed by atoms with van der Waals surface area (Å²) in [5.41, 5.74) is 2.10. The minimum Gasteiger partial charge on any atom is -0.364 e. The number of alkyl halides is 3. The number of nitrogens with zero attached hydrogens (tertiary/aromatic N) is 3. The van der Waals surface area contributed by atoms with Gasteiger partial charge in [0.2, 0.25) is 0 Å². The Labute approximate surface area is 184 Å². The Morgan fingerprint density at radius 3 is 2.16 bits per heavy atom. The van der Waals surface area contributed by atoms with Crippen LogP contribution in [0.4, 0.5) is 18.9 Å². The second-order valence-electron chi connectivity index (χ2n) is 8.31. The van der Waals surface area contributed by atoms with Gasteiger partial charge >= 0.3 is 6.18 Å². The van der Waals surface area contributed by atoms with Crippen LogP contribution >= 0.6 is 0 Å². The molecule has 0 bridgehead atoms. The highest BCUT2D eigenvalue weighted by Gasteiger charge is 2.43. The summed E-state index contributed by atoms with van der Waals surface area (Å²) in [4.78, 5) is 31.9. The first-order valence-corrected chi connectivity index (χ1v) is 10.4. The number of hydrogen-bond donors (Lipinski definition) is 0. The van der Waals surface area contributed by atoms with Crippen molar-refractivity contribution in [3.8, 4) is 0 Å². The lowest BCUT2D eigenvalue weighted by molar-refractivity contribution is -0.137. The molecule has 0 unspecified atom stereocenters. The standard InChI is InChI=1S/C24H24F3N3O2/c1-15-7-8-17(13-16(15)2)20-21(29-11-9-28(3)10-12-29)23(32)30(22(20)31)19-6-4-5-18(14-19)24(25,26)27/h4-8,13-14H,9-12H2,1-3H3. The summed E-state index contributed by atoms with van der Waals surface area (Å²) < 4.78 is 39.8. The van der Waals surface area contributed by atoms with Gasteiger partial charge in [-0.05, 0) is 55.8 Å². The van der Waals surface area contributed by atoms with Gasteiger partial charge in [-0.2, -0.15) is 13.2 Å². The van der Waals surface area contributed by atoms with Crippen LogP contribution in [0.5, 0.6) is 0 Å². The zero-order valence-corrected chi connectivity index (χ0v) is 18.2. The summed E-state index contributed by atoms with van der Waals surface area (Å²) in [5.74, 6) is -1.20. The Morgan fingerprint density at radius 2 is 1.53 bits per heavy atom. The monoisotopic (exact) mass is 443 g/mol. The minimum atomic E-state index is -4.58. The Balaban J connectivity index is 1.82. The highest BCUT2D eigenvalue weighted by molar-refractivity contribution is 6.45. The maximum absolute atomic E-state index is 13.5. The van der Waals surface area contributed by atoms with Crippen LogP contribution in [0.25, 0.3) is 5.57 Å². The average molecular weight is 443 g/mol. The van der Waals surface area contributed by atoms with Crippen molar-refractivity contribution in [2.75, 3.05) is 38.1 Å². The van der Waals surface area contributed by atoms with Crippen LogP contribution < -0.4 is 4.90 Å². The average Bonchev–Trinajstić information content (AvgIpc) is 3.00. The van der Waals surface area contributed by atoms with Crippen LogP contribution in [-0.2, 0) is 15.8 Å². The Bertz CT molecular complexity index is 1120. The molecule has 0 saturated carbocycles. The Morgan fingerprint density at radius 1 is 0.844 bits per heavy atom. The predicted molar refractivity (Wildman–Crippen MR) is 116 cm³/mol. The van der Waals surface area contributed by atoms with E-state index in [-0.39, 0.29) is 17.0 Å². The smallest absolute Gasteiger partial charge is 0.364 e. The van der Waals surface area contributed by atoms with Crippen molar-refractivity contribution in [1.82, 2.24) is 9.80 Å². The molecule has 5 nitrogen and oxygen atoms in total. The van der Waals surface area contributed by atoms with E-state index >= 15 is 0 Å². The van der Waals surface area contributed by atoms with Crippen LogP contribution in [0, 0.1) is 13.8 Å². The lowest BCUT2D eigenvalue weighted by atomic mass is 9.99. The number of halogens is 3. The summed E-state index contributed by atoms with van der Waals surface area (Å²) in [6.45, 7) is 6.40. The third kappa shape index (κ3) is 3.90. The van der Waals surface area contributed by atoms with E-state index in [4.69, 9.17) is 0 Å². The van der Waals surface area contributed by atoms with Gasteiger partial charge in [-0.15, -0.1) is 0 Å². The molecule has 32 heavy (non-hydrogen) atoms. The van der Waals surface area contributed by atoms with Gasteiger partial charge in [0.15, 0.2) is 0 Å². The van der Waals surface area contributed by atoms with Crippen LogP contribution in [0.3, 0.4) is 0 Å². The number of anilines is 1. The fourth-order valence-corrected chi connectivity index (χ4v) is 4.05. The molecule has 2 aromatic rings. The van der Waals surface area contributed by atoms with Crippen molar-refractivity contribution in [3.63, 3.8) is 0 Å². The normalized spacial score (nSPS) is 18.2. The van der Waals surface area contributed by atoms with Crippen molar-refractivity contribution in [2.24, 2.45) is 0 Å². The topological polar surface area (TPSA) is 43.9 Å². The maximum Gasteiger partial charge on any atom is 0.416 e. The molecular formula is C24H24F3N3O2. The molecule has 0 aliphatic carbocycles. The maximum atomic E-state index is 13.5. The molecule has 2 aliphatic heterocycles. The van der Waals surface area contributed by atoms with Gasteiger partial charge in [-0.3, -0.25) is 9.59 Å². The molecule has 0 aromatic heterocycles. The first-order chi connectivity index (χ1) is 15.1. The van der Waals surface area contributed by atoms with Gasteiger partial charge in [0.1, 0.15) is 5.70 Å². The molecule has 0 radical (unpaired) electrons. The quantitative estimate of drug-likeness (QED) is 0.676. The first-order valence-electron chi connectivity index (χ1n) is 10.4. The van der Waals surface area contributed by atoms with Gasteiger partial charge in [-0.1, -0.05) is 24.3 Å². The molecule has 2 amide bonds. The molecular weight excluding hydrogens is 419 g/mol. The number of carbonyl (C=O) groups is 2. The van der Waals surface area contributed by atoms with E-state index in [1.54, 1.807) is 6.07 Å². The van der Waals surface area contributed by atoms with Gasteiger partial charge in [-0.25, -0.2) is 4.90 Å². The summed E-state index contributed by atoms with van der Waals surface area (Å²) in [6.07, 6.45) is -4.58. The largest absolute Gasteiger partial charge is 0.416 e. The van der Waals surface area contributed by atoms with Gasteiger partial charge in [0, 0.05) is 26.2 Å². The molecule has 0 atom stereocenters. The predicted octanol–water partition coefficient (Wildman–Crippen LogP) is 3.85. The van der Waals surface area contributed by atoms with Crippen LogP contribution in [0.2, 0.25) is 0 Å². The SMILES string of the molecule is Cc1ccc(C2=C(N3CCN(C)CC3)C(=O)N(c3cccc(C(F)(F)F)c3)C2=O)cc1C. The third-order valence-electron chi connectivity index (χ3n) is 6.11. The van der Waals surface area contributed by atoms with Gasteiger partial charge in [0.05, 0.1) is 16.8 Å². The van der Waals surface area contributed by atoms with Crippen molar-refractivity contribution < 1.29 is 22.8 Å². The lowest BCUT2D eigenvalue weighted by Gasteiger charge is -2.34. The van der Waals surface area contributed by atoms with E-state index in [0.717, 1.165) is 28.2 Å². The second-order valence-corrected chi connectivity index (χ2v) is 8.31. The molecule has 8 heteroatoms. The third-order valence-corrected chi connectivity index (χ3v) is 6.11. The Kier molecular flexibility index (Phi) is 5.58. The van der Waals surface area contributed by atoms with Crippen LogP contribution in [0.1, 0.15) is 22.3 Å². The molecule has 1 saturated heterocycles. The summed E-state index contributed by atoms with van der Waals surface area (Å²) in [7, 11) is 1.98. The van der Waals surface area contributed by atoms with Gasteiger partial charge in [0.25, 0.3) is 11.8 Å². The number of benzene rings is 2. The number of piperazine rings is 1. The molecule has 0 spiro atoms. The van der Waals surface area contributed by atoms with E-state index in [1.165, 1.54) is 12.1 Å². The van der Waals surface area contributed by atoms with Crippen LogP contribution in [0.15, 0.2) is 48.2 Å². The zero-order valence-electron chi connectivity index (χ0n) is 18.2. The fourth-order valence-electron chi connectivity index (χ4n) is 4.05. The number of rotatable bonds is 3. The van der Waals surface area contributed by atoms with Crippen molar-refractivity contribution >= 4 is 23.1 Å². The number of carbonyl (C=O) groups excluding carboxylic acids is 2. The van der Waals surface area contributed by atoms with E-state index < -0.39 is 23.6 Å². The number of amides is 2. The molecule has 2 aliphatic rings. The molecule has 2 aromatic carbocycles. The number of aryl methyl sites for hydroxylation is 2. The van der Waals surface area contributed by atoms with Crippen molar-refractivity contribution in [1.29, 1.82) is 0 Å². The summed E-state index contributed by atoms with van der Waals surface area (Å²) >= 11 is 0. The summed E-state index contributed by atoms with van der Waals surface area (Å²) in [5, 5.41) is 0. The molecule has 168 valence electrons. The lowest BCUT2D eigenvalue weighted by Crippen LogP contribution is -2.46. The van der Waals surface area contributed by atoms with E-state index in [0.29, 0.717) is 31.7 Å². The van der Waals surface area contributed by atoms with Crippen LogP contribution in [-0.4, -0.2) is 54.8 Å². The zero-order chi connectivity index (χ0) is 23.2. The second kappa shape index (κ2) is 8.09. The number of likely N-dealkylation sites (N-methyl/N-ethyl adjacent to an activating group) is 1.